The molecule has 1 heterocycles. The highest BCUT2D eigenvalue weighted by Crippen LogP contribution is 2.11. The van der Waals surface area contributed by atoms with Crippen LogP contribution >= 0.6 is 12.4 Å². The Balaban J connectivity index is 0.00000200. The van der Waals surface area contributed by atoms with Crippen molar-refractivity contribution < 1.29 is 9.32 Å². The lowest BCUT2D eigenvalue weighted by Gasteiger charge is -2.05. The summed E-state index contributed by atoms with van der Waals surface area (Å²) in [5.41, 5.74) is 8.62. The number of carbonyl (C=O) groups is 1. The number of hydrogen-bond acceptors (Lipinski definition) is 4. The molecule has 0 atom stereocenters. The summed E-state index contributed by atoms with van der Waals surface area (Å²) in [4.78, 5) is 12.0. The van der Waals surface area contributed by atoms with Crippen LogP contribution < -0.4 is 11.1 Å². The summed E-state index contributed by atoms with van der Waals surface area (Å²) < 4.78 is 4.97. The molecule has 3 N–H and O–H groups in total. The monoisotopic (exact) mass is 295 g/mol. The van der Waals surface area contributed by atoms with E-state index in [1.165, 1.54) is 0 Å². The summed E-state index contributed by atoms with van der Waals surface area (Å²) in [6.07, 6.45) is 0.759. The topological polar surface area (TPSA) is 81.2 Å². The largest absolute Gasteiger partial charge is 0.399 e. The van der Waals surface area contributed by atoms with Gasteiger partial charge < -0.3 is 15.6 Å². The summed E-state index contributed by atoms with van der Waals surface area (Å²) in [7, 11) is 0. The number of aryl methyl sites for hydroxylation is 2. The molecule has 0 aliphatic heterocycles. The van der Waals surface area contributed by atoms with Crippen LogP contribution in [-0.4, -0.2) is 17.6 Å². The zero-order valence-electron chi connectivity index (χ0n) is 11.5. The Morgan fingerprint density at radius 2 is 1.95 bits per heavy atom. The third kappa shape index (κ3) is 3.74. The fraction of sp³-hybridized carbons (Fsp3) is 0.286. The van der Waals surface area contributed by atoms with E-state index in [0.29, 0.717) is 23.6 Å². The zero-order chi connectivity index (χ0) is 13.8. The first-order valence-electron chi connectivity index (χ1n) is 6.13. The van der Waals surface area contributed by atoms with E-state index in [2.05, 4.69) is 10.5 Å². The molecule has 1 aromatic heterocycles. The minimum Gasteiger partial charge on any atom is -0.399 e. The molecule has 1 aromatic carbocycles. The molecule has 0 aliphatic carbocycles. The molecule has 0 radical (unpaired) electrons. The zero-order valence-corrected chi connectivity index (χ0v) is 12.3. The quantitative estimate of drug-likeness (QED) is 0.848. The van der Waals surface area contributed by atoms with Gasteiger partial charge in [0, 0.05) is 12.2 Å². The third-order valence-corrected chi connectivity index (χ3v) is 2.94. The number of hydrogen-bond donors (Lipinski definition) is 2. The van der Waals surface area contributed by atoms with Crippen LogP contribution in [0.4, 0.5) is 5.69 Å². The van der Waals surface area contributed by atoms with Crippen LogP contribution in [-0.2, 0) is 6.42 Å². The van der Waals surface area contributed by atoms with Gasteiger partial charge in [0.1, 0.15) is 11.3 Å². The van der Waals surface area contributed by atoms with Crippen molar-refractivity contribution in [3.8, 4) is 0 Å². The molecule has 1 amide bonds. The van der Waals surface area contributed by atoms with Gasteiger partial charge in [-0.15, -0.1) is 12.4 Å². The predicted octanol–water partition coefficient (Wildman–Crippen LogP) is 2.27. The number of amides is 1. The van der Waals surface area contributed by atoms with Gasteiger partial charge in [0.25, 0.3) is 5.91 Å². The molecule has 0 saturated heterocycles. The Morgan fingerprint density at radius 1 is 1.30 bits per heavy atom. The molecule has 0 aliphatic rings. The first kappa shape index (κ1) is 16.0. The normalized spacial score (nSPS) is 9.90. The molecule has 0 spiro atoms. The molecule has 0 fully saturated rings. The molecular weight excluding hydrogens is 278 g/mol. The SMILES string of the molecule is Cc1noc(C)c1C(=O)NCCc1ccc(N)cc1.Cl. The number of nitrogens with two attached hydrogens (primary N) is 1. The summed E-state index contributed by atoms with van der Waals surface area (Å²) in [6.45, 7) is 4.05. The first-order valence-corrected chi connectivity index (χ1v) is 6.13. The van der Waals surface area contributed by atoms with Crippen LogP contribution in [0.5, 0.6) is 0 Å². The van der Waals surface area contributed by atoms with Gasteiger partial charge in [-0.05, 0) is 38.0 Å². The maximum atomic E-state index is 12.0. The van der Waals surface area contributed by atoms with E-state index < -0.39 is 0 Å². The van der Waals surface area contributed by atoms with Crippen molar-refractivity contribution in [3.05, 3.63) is 46.8 Å². The number of benzene rings is 1. The summed E-state index contributed by atoms with van der Waals surface area (Å²) in [5.74, 6) is 0.397. The fourth-order valence-electron chi connectivity index (χ4n) is 1.90. The molecule has 6 heteroatoms. The highest BCUT2D eigenvalue weighted by atomic mass is 35.5. The van der Waals surface area contributed by atoms with Gasteiger partial charge in [-0.2, -0.15) is 0 Å². The Morgan fingerprint density at radius 3 is 2.50 bits per heavy atom. The predicted molar refractivity (Wildman–Crippen MR) is 80.1 cm³/mol. The molecule has 20 heavy (non-hydrogen) atoms. The lowest BCUT2D eigenvalue weighted by atomic mass is 10.1. The van der Waals surface area contributed by atoms with Crippen LogP contribution in [0.25, 0.3) is 0 Å². The number of carbonyl (C=O) groups excluding carboxylic acids is 1. The maximum absolute atomic E-state index is 12.0. The van der Waals surface area contributed by atoms with Gasteiger partial charge in [0.15, 0.2) is 0 Å². The van der Waals surface area contributed by atoms with Crippen molar-refractivity contribution in [1.29, 1.82) is 0 Å². The van der Waals surface area contributed by atoms with Crippen molar-refractivity contribution in [2.45, 2.75) is 20.3 Å². The van der Waals surface area contributed by atoms with E-state index >= 15 is 0 Å². The molecular formula is C14H18ClN3O2. The number of nitrogen functional groups attached to an aromatic ring is 1. The first-order chi connectivity index (χ1) is 9.08. The van der Waals surface area contributed by atoms with Crippen LogP contribution in [0.1, 0.15) is 27.4 Å². The van der Waals surface area contributed by atoms with Crippen LogP contribution in [0.2, 0.25) is 0 Å². The van der Waals surface area contributed by atoms with Crippen molar-refractivity contribution in [3.63, 3.8) is 0 Å². The number of halogens is 1. The smallest absolute Gasteiger partial charge is 0.256 e. The van der Waals surface area contributed by atoms with E-state index in [9.17, 15) is 4.79 Å². The number of anilines is 1. The van der Waals surface area contributed by atoms with Crippen molar-refractivity contribution in [2.75, 3.05) is 12.3 Å². The number of nitrogens with one attached hydrogen (secondary N) is 1. The van der Waals surface area contributed by atoms with E-state index in [0.717, 1.165) is 17.7 Å². The van der Waals surface area contributed by atoms with Gasteiger partial charge in [-0.3, -0.25) is 4.79 Å². The third-order valence-electron chi connectivity index (χ3n) is 2.94. The van der Waals surface area contributed by atoms with Crippen molar-refractivity contribution >= 4 is 24.0 Å². The Kier molecular flexibility index (Phi) is 5.58. The standard InChI is InChI=1S/C14H17N3O2.ClH/c1-9-13(10(2)19-17-9)14(18)16-8-7-11-3-5-12(15)6-4-11;/h3-6H,7-8,15H2,1-2H3,(H,16,18);1H. The van der Waals surface area contributed by atoms with Gasteiger partial charge in [0.05, 0.1) is 5.69 Å². The fourth-order valence-corrected chi connectivity index (χ4v) is 1.90. The molecule has 2 rings (SSSR count). The Bertz CT molecular complexity index is 559. The molecule has 108 valence electrons. The second-order valence-electron chi connectivity index (χ2n) is 4.45. The average molecular weight is 296 g/mol. The average Bonchev–Trinajstić information content (AvgIpc) is 2.71. The minimum absolute atomic E-state index is 0. The highest BCUT2D eigenvalue weighted by Gasteiger charge is 2.16. The molecule has 0 bridgehead atoms. The molecule has 0 saturated carbocycles. The summed E-state index contributed by atoms with van der Waals surface area (Å²) >= 11 is 0. The van der Waals surface area contributed by atoms with Gasteiger partial charge in [0.2, 0.25) is 0 Å². The van der Waals surface area contributed by atoms with Crippen molar-refractivity contribution in [2.24, 2.45) is 0 Å². The van der Waals surface area contributed by atoms with E-state index in [4.69, 9.17) is 10.3 Å². The molecule has 2 aromatic rings. The highest BCUT2D eigenvalue weighted by molar-refractivity contribution is 5.96. The second-order valence-corrected chi connectivity index (χ2v) is 4.45. The van der Waals surface area contributed by atoms with E-state index in [-0.39, 0.29) is 18.3 Å². The minimum atomic E-state index is -0.147. The van der Waals surface area contributed by atoms with Gasteiger partial charge >= 0.3 is 0 Å². The Labute approximate surface area is 123 Å². The van der Waals surface area contributed by atoms with Crippen molar-refractivity contribution in [1.82, 2.24) is 10.5 Å². The van der Waals surface area contributed by atoms with Gasteiger partial charge in [-0.25, -0.2) is 0 Å². The second kappa shape index (κ2) is 6.96. The Hall–Kier alpha value is -2.01. The number of aromatic nitrogens is 1. The lowest BCUT2D eigenvalue weighted by molar-refractivity contribution is 0.0952. The van der Waals surface area contributed by atoms with E-state index in [1.807, 2.05) is 24.3 Å². The summed E-state index contributed by atoms with van der Waals surface area (Å²) in [6, 6.07) is 7.62. The number of nitrogens with zero attached hydrogens (tertiary/aromatic N) is 1. The lowest BCUT2D eigenvalue weighted by Crippen LogP contribution is -2.26. The molecule has 5 nitrogen and oxygen atoms in total. The van der Waals surface area contributed by atoms with Crippen LogP contribution in [0.3, 0.4) is 0 Å². The number of rotatable bonds is 4. The van der Waals surface area contributed by atoms with Crippen LogP contribution in [0.15, 0.2) is 28.8 Å². The summed E-state index contributed by atoms with van der Waals surface area (Å²) in [5, 5.41) is 6.62. The van der Waals surface area contributed by atoms with Gasteiger partial charge in [-0.1, -0.05) is 17.3 Å². The van der Waals surface area contributed by atoms with Crippen LogP contribution in [0, 0.1) is 13.8 Å². The molecule has 0 unspecified atom stereocenters. The van der Waals surface area contributed by atoms with E-state index in [1.54, 1.807) is 13.8 Å². The maximum Gasteiger partial charge on any atom is 0.256 e.